The molecular weight excluding hydrogens is 280 g/mol. The van der Waals surface area contributed by atoms with Crippen molar-refractivity contribution in [2.45, 2.75) is 18.9 Å². The van der Waals surface area contributed by atoms with Crippen molar-refractivity contribution in [3.8, 4) is 0 Å². The number of carboxylic acids is 1. The number of nitrogens with one attached hydrogen (secondary N) is 1. The average molecular weight is 298 g/mol. The van der Waals surface area contributed by atoms with Crippen molar-refractivity contribution in [3.63, 3.8) is 0 Å². The van der Waals surface area contributed by atoms with Crippen LogP contribution in [0.5, 0.6) is 0 Å². The number of hydrogen-bond donors (Lipinski definition) is 3. The standard InChI is InChI=1S/C9H18N2O3S3/c1-17(14)5-3-2-4-11-9(15)16-6-7(10)8(12)13/h7H,2-6,10H2,1H3,(H,11,15)(H,12,13)/t7-,17-/m0/s1. The molecule has 0 aliphatic carbocycles. The van der Waals surface area contributed by atoms with E-state index < -0.39 is 22.8 Å². The normalized spacial score (nSPS) is 14.0. The summed E-state index contributed by atoms with van der Waals surface area (Å²) in [4.78, 5) is 10.4. The fraction of sp³-hybridized carbons (Fsp3) is 0.778. The average Bonchev–Trinajstić information content (AvgIpc) is 2.24. The summed E-state index contributed by atoms with van der Waals surface area (Å²) in [5.74, 6) is -0.0586. The fourth-order valence-electron chi connectivity index (χ4n) is 0.909. The van der Waals surface area contributed by atoms with Crippen molar-refractivity contribution >= 4 is 45.1 Å². The van der Waals surface area contributed by atoms with Crippen molar-refractivity contribution < 1.29 is 14.1 Å². The number of carbonyl (C=O) groups is 1. The first-order valence-electron chi connectivity index (χ1n) is 5.12. The van der Waals surface area contributed by atoms with Crippen LogP contribution in [0.2, 0.25) is 0 Å². The van der Waals surface area contributed by atoms with E-state index in [1.807, 2.05) is 0 Å². The Morgan fingerprint density at radius 1 is 1.59 bits per heavy atom. The highest BCUT2D eigenvalue weighted by Gasteiger charge is 2.12. The van der Waals surface area contributed by atoms with Gasteiger partial charge in [0.05, 0.1) is 0 Å². The van der Waals surface area contributed by atoms with Crippen molar-refractivity contribution in [1.29, 1.82) is 0 Å². The van der Waals surface area contributed by atoms with E-state index >= 15 is 0 Å². The van der Waals surface area contributed by atoms with Crippen molar-refractivity contribution in [2.75, 3.05) is 24.3 Å². The Balaban J connectivity index is 3.47. The van der Waals surface area contributed by atoms with E-state index in [0.29, 0.717) is 16.6 Å². The van der Waals surface area contributed by atoms with Crippen LogP contribution in [0, 0.1) is 0 Å². The molecule has 8 heteroatoms. The molecule has 0 saturated carbocycles. The van der Waals surface area contributed by atoms with Gasteiger partial charge in [-0.15, -0.1) is 0 Å². The van der Waals surface area contributed by atoms with Gasteiger partial charge in [-0.25, -0.2) is 0 Å². The van der Waals surface area contributed by atoms with E-state index in [9.17, 15) is 9.00 Å². The maximum atomic E-state index is 10.8. The summed E-state index contributed by atoms with van der Waals surface area (Å²) in [6, 6.07) is -0.887. The first-order valence-corrected chi connectivity index (χ1v) is 8.24. The van der Waals surface area contributed by atoms with Crippen LogP contribution in [0.15, 0.2) is 0 Å². The summed E-state index contributed by atoms with van der Waals surface area (Å²) in [5.41, 5.74) is 5.33. The molecule has 0 amide bonds. The van der Waals surface area contributed by atoms with Gasteiger partial charge in [-0.05, 0) is 12.8 Å². The van der Waals surface area contributed by atoms with E-state index in [1.165, 1.54) is 11.8 Å². The number of thiocarbonyl (C=S) groups is 1. The van der Waals surface area contributed by atoms with Gasteiger partial charge in [-0.2, -0.15) is 0 Å². The number of nitrogens with two attached hydrogens (primary N) is 1. The molecular formula is C9H18N2O3S3. The Hall–Kier alpha value is -0.180. The molecule has 0 rings (SSSR count). The smallest absolute Gasteiger partial charge is 0.321 e. The largest absolute Gasteiger partial charge is 0.480 e. The highest BCUT2D eigenvalue weighted by molar-refractivity contribution is 8.23. The molecule has 4 N–H and O–H groups in total. The minimum atomic E-state index is -1.02. The van der Waals surface area contributed by atoms with Crippen LogP contribution < -0.4 is 11.1 Å². The zero-order valence-corrected chi connectivity index (χ0v) is 12.1. The first-order chi connectivity index (χ1) is 7.93. The zero-order valence-electron chi connectivity index (χ0n) is 9.68. The van der Waals surface area contributed by atoms with Gasteiger partial charge in [0.1, 0.15) is 10.4 Å². The topological polar surface area (TPSA) is 92.4 Å². The molecule has 0 unspecified atom stereocenters. The number of thioether (sulfide) groups is 1. The van der Waals surface area contributed by atoms with E-state index in [0.717, 1.165) is 12.8 Å². The van der Waals surface area contributed by atoms with E-state index in [1.54, 1.807) is 6.26 Å². The molecule has 100 valence electrons. The van der Waals surface area contributed by atoms with Gasteiger partial charge >= 0.3 is 5.97 Å². The Bertz CT molecular complexity index is 287. The molecule has 17 heavy (non-hydrogen) atoms. The van der Waals surface area contributed by atoms with Gasteiger partial charge < -0.3 is 16.2 Å². The minimum absolute atomic E-state index is 0.264. The third-order valence-corrected chi connectivity index (χ3v) is 4.13. The number of unbranched alkanes of at least 4 members (excludes halogenated alkanes) is 1. The minimum Gasteiger partial charge on any atom is -0.480 e. The molecule has 0 saturated heterocycles. The van der Waals surface area contributed by atoms with Gasteiger partial charge in [0.15, 0.2) is 0 Å². The Morgan fingerprint density at radius 3 is 2.76 bits per heavy atom. The van der Waals surface area contributed by atoms with Gasteiger partial charge in [0.25, 0.3) is 0 Å². The lowest BCUT2D eigenvalue weighted by molar-refractivity contribution is -0.137. The predicted octanol–water partition coefficient (Wildman–Crippen LogP) is 0.165. The lowest BCUT2D eigenvalue weighted by Gasteiger charge is -2.09. The molecule has 0 aliphatic heterocycles. The highest BCUT2D eigenvalue weighted by atomic mass is 32.2. The summed E-state index contributed by atoms with van der Waals surface area (Å²) >= 11 is 6.24. The predicted molar refractivity (Wildman–Crippen MR) is 76.8 cm³/mol. The fourth-order valence-corrected chi connectivity index (χ4v) is 2.50. The van der Waals surface area contributed by atoms with E-state index in [4.69, 9.17) is 23.1 Å². The summed E-state index contributed by atoms with van der Waals surface area (Å²) < 4.78 is 11.3. The second kappa shape index (κ2) is 9.81. The number of hydrogen-bond acceptors (Lipinski definition) is 5. The van der Waals surface area contributed by atoms with Crippen LogP contribution in [0.4, 0.5) is 0 Å². The van der Waals surface area contributed by atoms with Crippen LogP contribution in [0.1, 0.15) is 12.8 Å². The SMILES string of the molecule is C[S@](=O)CCCCNC(=S)SC[C@H](N)C(=O)O. The molecule has 0 radical (unpaired) electrons. The van der Waals surface area contributed by atoms with Gasteiger partial charge in [0.2, 0.25) is 0 Å². The Kier molecular flexibility index (Phi) is 9.71. The van der Waals surface area contributed by atoms with Crippen LogP contribution in [0.3, 0.4) is 0 Å². The van der Waals surface area contributed by atoms with Gasteiger partial charge in [-0.3, -0.25) is 9.00 Å². The van der Waals surface area contributed by atoms with Crippen LogP contribution in [-0.4, -0.2) is 50.0 Å². The zero-order chi connectivity index (χ0) is 13.3. The third kappa shape index (κ3) is 10.7. The molecule has 5 nitrogen and oxygen atoms in total. The quantitative estimate of drug-likeness (QED) is 0.434. The number of rotatable bonds is 8. The monoisotopic (exact) mass is 298 g/mol. The summed E-state index contributed by atoms with van der Waals surface area (Å²) in [6.07, 6.45) is 3.46. The lowest BCUT2D eigenvalue weighted by atomic mass is 10.3. The van der Waals surface area contributed by atoms with Crippen molar-refractivity contribution in [3.05, 3.63) is 0 Å². The second-order valence-electron chi connectivity index (χ2n) is 3.45. The maximum Gasteiger partial charge on any atom is 0.321 e. The molecule has 0 aromatic heterocycles. The molecule has 0 aliphatic rings. The number of carboxylic acid groups (broad SMARTS) is 1. The Morgan fingerprint density at radius 2 is 2.24 bits per heavy atom. The third-order valence-electron chi connectivity index (χ3n) is 1.84. The van der Waals surface area contributed by atoms with E-state index in [2.05, 4.69) is 5.32 Å². The lowest BCUT2D eigenvalue weighted by Crippen LogP contribution is -2.34. The molecule has 0 bridgehead atoms. The summed E-state index contributed by atoms with van der Waals surface area (Å²) in [7, 11) is -0.742. The highest BCUT2D eigenvalue weighted by Crippen LogP contribution is 2.04. The van der Waals surface area contributed by atoms with Crippen molar-refractivity contribution in [1.82, 2.24) is 5.32 Å². The van der Waals surface area contributed by atoms with Crippen molar-refractivity contribution in [2.24, 2.45) is 5.73 Å². The molecule has 0 spiro atoms. The van der Waals surface area contributed by atoms with Gasteiger partial charge in [-0.1, -0.05) is 24.0 Å². The number of aliphatic carboxylic acids is 1. The van der Waals surface area contributed by atoms with Crippen LogP contribution in [-0.2, 0) is 15.6 Å². The maximum absolute atomic E-state index is 10.8. The summed E-state index contributed by atoms with van der Waals surface area (Å²) in [5, 5.41) is 11.6. The first kappa shape index (κ1) is 16.8. The van der Waals surface area contributed by atoms with E-state index in [-0.39, 0.29) is 5.75 Å². The molecule has 0 aromatic rings. The molecule has 0 aromatic carbocycles. The van der Waals surface area contributed by atoms with Gasteiger partial charge in [0, 0.05) is 35.1 Å². The molecule has 2 atom stereocenters. The molecule has 0 fully saturated rings. The van der Waals surface area contributed by atoms with Crippen LogP contribution >= 0.6 is 24.0 Å². The second-order valence-corrected chi connectivity index (χ2v) is 6.71. The summed E-state index contributed by atoms with van der Waals surface area (Å²) in [6.45, 7) is 0.714. The molecule has 0 heterocycles. The van der Waals surface area contributed by atoms with Crippen LogP contribution in [0.25, 0.3) is 0 Å². The Labute approximate surface area is 113 Å².